The molecule has 2 aromatic carbocycles. The topological polar surface area (TPSA) is 122 Å². The molecule has 2 N–H and O–H groups in total. The Labute approximate surface area is 213 Å². The number of aryl methyl sites for hydroxylation is 1. The lowest BCUT2D eigenvalue weighted by Crippen LogP contribution is -2.20. The highest BCUT2D eigenvalue weighted by molar-refractivity contribution is 7.92. The minimum Gasteiger partial charge on any atom is -0.354 e. The Hall–Kier alpha value is -4.03. The lowest BCUT2D eigenvalue weighted by molar-refractivity contribution is -0.116. The van der Waals surface area contributed by atoms with Crippen LogP contribution in [0.2, 0.25) is 0 Å². The van der Waals surface area contributed by atoms with E-state index >= 15 is 0 Å². The molecule has 2 heterocycles. The second-order valence-electron chi connectivity index (χ2n) is 8.78. The van der Waals surface area contributed by atoms with Gasteiger partial charge >= 0.3 is 0 Å². The molecule has 2 aromatic heterocycles. The number of amides is 1. The molecule has 4 aromatic rings. The van der Waals surface area contributed by atoms with Gasteiger partial charge in [0.05, 0.1) is 18.1 Å². The third-order valence-electron chi connectivity index (χ3n) is 5.43. The van der Waals surface area contributed by atoms with Crippen LogP contribution in [0.15, 0.2) is 70.4 Å². The van der Waals surface area contributed by atoms with Gasteiger partial charge in [0.15, 0.2) is 11.4 Å². The highest BCUT2D eigenvalue weighted by Crippen LogP contribution is 2.30. The quantitative estimate of drug-likeness (QED) is 0.305. The number of hydrogen-bond acceptors (Lipinski definition) is 7. The van der Waals surface area contributed by atoms with Gasteiger partial charge in [-0.15, -0.1) is 0 Å². The first-order valence-electron chi connectivity index (χ1n) is 11.4. The minimum atomic E-state index is -4.20. The molecule has 194 valence electrons. The van der Waals surface area contributed by atoms with Crippen molar-refractivity contribution in [1.82, 2.24) is 25.2 Å². The van der Waals surface area contributed by atoms with E-state index in [1.54, 1.807) is 29.9 Å². The summed E-state index contributed by atoms with van der Waals surface area (Å²) in [5.74, 6) is -1.05. The van der Waals surface area contributed by atoms with Crippen molar-refractivity contribution < 1.29 is 22.1 Å². The zero-order valence-corrected chi connectivity index (χ0v) is 21.4. The van der Waals surface area contributed by atoms with E-state index in [4.69, 9.17) is 4.52 Å². The van der Waals surface area contributed by atoms with Gasteiger partial charge in [0.25, 0.3) is 10.0 Å². The molecule has 12 heteroatoms. The maximum absolute atomic E-state index is 14.0. The highest BCUT2D eigenvalue weighted by atomic mass is 32.2. The molecule has 0 saturated heterocycles. The predicted octanol–water partition coefficient (Wildman–Crippen LogP) is 3.05. The Morgan fingerprint density at radius 2 is 2.00 bits per heavy atom. The fourth-order valence-electron chi connectivity index (χ4n) is 3.74. The summed E-state index contributed by atoms with van der Waals surface area (Å²) in [6, 6.07) is 8.72. The van der Waals surface area contributed by atoms with E-state index in [1.165, 1.54) is 24.3 Å². The van der Waals surface area contributed by atoms with Gasteiger partial charge in [-0.25, -0.2) is 12.8 Å². The number of carbonyl (C=O) groups is 1. The second kappa shape index (κ2) is 10.9. The maximum Gasteiger partial charge on any atom is 0.266 e. The molecule has 0 unspecified atom stereocenters. The van der Waals surface area contributed by atoms with Gasteiger partial charge in [-0.2, -0.15) is 5.10 Å². The smallest absolute Gasteiger partial charge is 0.266 e. The van der Waals surface area contributed by atoms with Crippen LogP contribution in [0.4, 0.5) is 10.2 Å². The molecular formula is C25H27FN6O4S. The van der Waals surface area contributed by atoms with Crippen molar-refractivity contribution >= 4 is 32.7 Å². The molecule has 4 rings (SSSR count). The van der Waals surface area contributed by atoms with Crippen molar-refractivity contribution in [3.8, 4) is 0 Å². The summed E-state index contributed by atoms with van der Waals surface area (Å²) in [5, 5.41) is 11.5. The van der Waals surface area contributed by atoms with Crippen molar-refractivity contribution in [2.45, 2.75) is 24.9 Å². The molecule has 10 nitrogen and oxygen atoms in total. The van der Waals surface area contributed by atoms with Crippen molar-refractivity contribution in [2.24, 2.45) is 0 Å². The third-order valence-corrected chi connectivity index (χ3v) is 6.80. The van der Waals surface area contributed by atoms with Crippen LogP contribution >= 0.6 is 0 Å². The Bertz CT molecular complexity index is 1560. The van der Waals surface area contributed by atoms with Crippen LogP contribution in [0.1, 0.15) is 16.7 Å². The molecule has 1 amide bonds. The summed E-state index contributed by atoms with van der Waals surface area (Å²) in [6.45, 7) is 3.25. The van der Waals surface area contributed by atoms with Gasteiger partial charge in [0.1, 0.15) is 10.7 Å². The molecule has 0 atom stereocenters. The van der Waals surface area contributed by atoms with Crippen LogP contribution in [0.25, 0.3) is 11.0 Å². The number of aromatic nitrogens is 3. The average molecular weight is 527 g/mol. The number of carbonyl (C=O) groups excluding carboxylic acids is 1. The number of likely N-dealkylation sites (N-methyl/N-ethyl adjacent to an activating group) is 1. The monoisotopic (exact) mass is 526 g/mol. The van der Waals surface area contributed by atoms with Crippen LogP contribution in [0, 0.1) is 12.7 Å². The van der Waals surface area contributed by atoms with Crippen LogP contribution in [0.5, 0.6) is 0 Å². The number of nitrogens with one attached hydrogen (secondary N) is 2. The van der Waals surface area contributed by atoms with Gasteiger partial charge in [-0.3, -0.25) is 14.2 Å². The first kappa shape index (κ1) is 26.0. The Morgan fingerprint density at radius 1 is 1.22 bits per heavy atom. The lowest BCUT2D eigenvalue weighted by atomic mass is 10.1. The highest BCUT2D eigenvalue weighted by Gasteiger charge is 2.22. The third kappa shape index (κ3) is 6.40. The zero-order chi connectivity index (χ0) is 26.6. The minimum absolute atomic E-state index is 0.0148. The van der Waals surface area contributed by atoms with Crippen LogP contribution in [0.3, 0.4) is 0 Å². The van der Waals surface area contributed by atoms with Gasteiger partial charge in [-0.05, 0) is 50.3 Å². The number of anilines is 1. The molecule has 0 aliphatic rings. The van der Waals surface area contributed by atoms with E-state index in [0.717, 1.165) is 22.8 Å². The number of benzene rings is 2. The first-order valence-corrected chi connectivity index (χ1v) is 12.9. The van der Waals surface area contributed by atoms with E-state index in [9.17, 15) is 17.6 Å². The molecule has 0 aliphatic carbocycles. The number of fused-ring (bicyclic) bond motifs is 1. The summed E-state index contributed by atoms with van der Waals surface area (Å²) < 4.78 is 48.8. The van der Waals surface area contributed by atoms with Crippen molar-refractivity contribution in [1.29, 1.82) is 0 Å². The summed E-state index contributed by atoms with van der Waals surface area (Å²) in [6.07, 6.45) is 6.80. The van der Waals surface area contributed by atoms with Crippen molar-refractivity contribution in [3.63, 3.8) is 0 Å². The van der Waals surface area contributed by atoms with Gasteiger partial charge < -0.3 is 14.7 Å². The fraction of sp³-hybridized carbons (Fsp3) is 0.240. The van der Waals surface area contributed by atoms with Gasteiger partial charge in [-0.1, -0.05) is 29.4 Å². The zero-order valence-electron chi connectivity index (χ0n) is 20.6. The van der Waals surface area contributed by atoms with Gasteiger partial charge in [0.2, 0.25) is 5.91 Å². The largest absolute Gasteiger partial charge is 0.354 e. The van der Waals surface area contributed by atoms with Crippen LogP contribution in [-0.2, 0) is 27.9 Å². The van der Waals surface area contributed by atoms with E-state index in [0.29, 0.717) is 30.6 Å². The second-order valence-corrected chi connectivity index (χ2v) is 10.4. The first-order chi connectivity index (χ1) is 17.6. The SMILES string of the molecule is Cc1cc(Cn2cc(CNC(=O)/C=C/CN(C)C)cn2)cc2onc(NS(=O)(=O)c3ccccc3F)c12. The molecule has 37 heavy (non-hydrogen) atoms. The number of halogens is 1. The summed E-state index contributed by atoms with van der Waals surface area (Å²) in [5.41, 5.74) is 2.81. The standard InChI is InChI=1S/C25H27FN6O4S/c1-17-11-18(15-32-16-19(14-28-32)13-27-23(33)9-6-10-31(2)3)12-21-24(17)25(29-36-21)30-37(34,35)22-8-5-4-7-20(22)26/h4-9,11-12,14,16H,10,13,15H2,1-3H3,(H,27,33)(H,29,30)/b9-6+. The molecule has 0 saturated carbocycles. The number of hydrogen-bond donors (Lipinski definition) is 2. The Kier molecular flexibility index (Phi) is 7.69. The lowest BCUT2D eigenvalue weighted by Gasteiger charge is -2.08. The summed E-state index contributed by atoms with van der Waals surface area (Å²) in [7, 11) is -0.350. The van der Waals surface area contributed by atoms with E-state index in [-0.39, 0.29) is 11.7 Å². The van der Waals surface area contributed by atoms with Crippen LogP contribution in [-0.4, -0.2) is 54.8 Å². The van der Waals surface area contributed by atoms with E-state index < -0.39 is 20.7 Å². The molecule has 0 aliphatic heterocycles. The molecule has 0 radical (unpaired) electrons. The van der Waals surface area contributed by atoms with Crippen LogP contribution < -0.4 is 10.0 Å². The van der Waals surface area contributed by atoms with Gasteiger partial charge in [0, 0.05) is 30.9 Å². The van der Waals surface area contributed by atoms with E-state index in [1.807, 2.05) is 31.3 Å². The maximum atomic E-state index is 14.0. The number of rotatable bonds is 10. The fourth-order valence-corrected chi connectivity index (χ4v) is 4.82. The summed E-state index contributed by atoms with van der Waals surface area (Å²) in [4.78, 5) is 13.4. The molecular weight excluding hydrogens is 499 g/mol. The van der Waals surface area contributed by atoms with Crippen molar-refractivity contribution in [2.75, 3.05) is 25.4 Å². The Morgan fingerprint density at radius 3 is 2.76 bits per heavy atom. The predicted molar refractivity (Wildman–Crippen MR) is 137 cm³/mol. The van der Waals surface area contributed by atoms with E-state index in [2.05, 4.69) is 20.3 Å². The number of nitrogens with zero attached hydrogens (tertiary/aromatic N) is 4. The molecule has 0 spiro atoms. The van der Waals surface area contributed by atoms with Crippen molar-refractivity contribution in [3.05, 3.63) is 83.5 Å². The summed E-state index contributed by atoms with van der Waals surface area (Å²) >= 11 is 0. The normalized spacial score (nSPS) is 12.0. The Balaban J connectivity index is 1.44. The average Bonchev–Trinajstić information content (AvgIpc) is 3.44. The number of sulfonamides is 1. The molecule has 0 bridgehead atoms. The molecule has 0 fully saturated rings.